The van der Waals surface area contributed by atoms with E-state index >= 15 is 0 Å². The SMILES string of the molecule is CC(C)(C)c1c(NCCN=O)c(=S)c1=S. The van der Waals surface area contributed by atoms with Crippen LogP contribution >= 0.6 is 24.4 Å². The van der Waals surface area contributed by atoms with E-state index in [0.717, 1.165) is 15.8 Å². The summed E-state index contributed by atoms with van der Waals surface area (Å²) < 4.78 is 1.49. The van der Waals surface area contributed by atoms with Crippen molar-refractivity contribution in [3.8, 4) is 0 Å². The Bertz CT molecular complexity index is 439. The summed E-state index contributed by atoms with van der Waals surface area (Å²) in [6.07, 6.45) is 0. The van der Waals surface area contributed by atoms with E-state index in [1.807, 2.05) is 0 Å². The molecule has 0 atom stereocenters. The van der Waals surface area contributed by atoms with Crippen LogP contribution in [0.1, 0.15) is 26.3 Å². The Morgan fingerprint density at radius 1 is 1.27 bits per heavy atom. The summed E-state index contributed by atoms with van der Waals surface area (Å²) in [6, 6.07) is 0. The van der Waals surface area contributed by atoms with E-state index in [1.54, 1.807) is 0 Å². The molecule has 0 radical (unpaired) electrons. The predicted molar refractivity (Wildman–Crippen MR) is 68.3 cm³/mol. The zero-order valence-electron chi connectivity index (χ0n) is 9.09. The lowest BCUT2D eigenvalue weighted by atomic mass is 9.83. The number of hydrogen-bond acceptors (Lipinski definition) is 5. The van der Waals surface area contributed by atoms with Crippen molar-refractivity contribution in [2.45, 2.75) is 26.2 Å². The van der Waals surface area contributed by atoms with Crippen LogP contribution in [-0.2, 0) is 5.41 Å². The molecule has 0 spiro atoms. The fourth-order valence-electron chi connectivity index (χ4n) is 1.50. The van der Waals surface area contributed by atoms with Crippen LogP contribution in [-0.4, -0.2) is 13.1 Å². The molecule has 15 heavy (non-hydrogen) atoms. The summed E-state index contributed by atoms with van der Waals surface area (Å²) in [5.74, 6) is 0. The van der Waals surface area contributed by atoms with Crippen LogP contribution in [0.25, 0.3) is 0 Å². The topological polar surface area (TPSA) is 41.5 Å². The van der Waals surface area contributed by atoms with Gasteiger partial charge in [0.15, 0.2) is 0 Å². The van der Waals surface area contributed by atoms with Crippen molar-refractivity contribution in [2.75, 3.05) is 18.4 Å². The Labute approximate surface area is 99.6 Å². The van der Waals surface area contributed by atoms with E-state index in [-0.39, 0.29) is 12.0 Å². The average molecular weight is 242 g/mol. The molecule has 1 aromatic carbocycles. The average Bonchev–Trinajstić information content (AvgIpc) is 2.13. The molecule has 0 aliphatic rings. The maximum absolute atomic E-state index is 9.95. The second kappa shape index (κ2) is 4.45. The smallest absolute Gasteiger partial charge is 0.0983 e. The van der Waals surface area contributed by atoms with Gasteiger partial charge in [-0.15, -0.1) is 0 Å². The first-order valence-electron chi connectivity index (χ1n) is 4.76. The maximum atomic E-state index is 9.95. The van der Waals surface area contributed by atoms with Crippen molar-refractivity contribution >= 4 is 30.1 Å². The molecule has 1 rings (SSSR count). The standard InChI is InChI=1S/C10H14N2OS2/c1-10(2,3)6-7(9(15)8(6)14)11-4-5-12-13/h11H,4-5H2,1-3H3. The highest BCUT2D eigenvalue weighted by Gasteiger charge is 2.25. The van der Waals surface area contributed by atoms with Gasteiger partial charge in [0.1, 0.15) is 0 Å². The molecule has 1 N–H and O–H groups in total. The molecule has 0 unspecified atom stereocenters. The van der Waals surface area contributed by atoms with Gasteiger partial charge in [-0.25, -0.2) is 0 Å². The molecule has 0 heterocycles. The Hall–Kier alpha value is -0.680. The number of hydrogen-bond donors (Lipinski definition) is 1. The summed E-state index contributed by atoms with van der Waals surface area (Å²) >= 11 is 10.4. The van der Waals surface area contributed by atoms with Crippen molar-refractivity contribution in [3.05, 3.63) is 19.5 Å². The van der Waals surface area contributed by atoms with E-state index in [9.17, 15) is 4.91 Å². The van der Waals surface area contributed by atoms with Gasteiger partial charge in [-0.2, -0.15) is 4.91 Å². The van der Waals surface area contributed by atoms with Gasteiger partial charge in [-0.3, -0.25) is 0 Å². The molecule has 1 aromatic rings. The first-order chi connectivity index (χ1) is 6.89. The van der Waals surface area contributed by atoms with Crippen molar-refractivity contribution in [2.24, 2.45) is 5.18 Å². The summed E-state index contributed by atoms with van der Waals surface area (Å²) in [5, 5.41) is 5.90. The monoisotopic (exact) mass is 242 g/mol. The minimum Gasteiger partial charge on any atom is -0.382 e. The van der Waals surface area contributed by atoms with Crippen LogP contribution in [0, 0.1) is 13.9 Å². The third-order valence-electron chi connectivity index (χ3n) is 2.17. The minimum atomic E-state index is -0.00364. The number of anilines is 1. The Kier molecular flexibility index (Phi) is 3.67. The molecule has 0 aliphatic carbocycles. The predicted octanol–water partition coefficient (Wildman–Crippen LogP) is 3.50. The normalized spacial score (nSPS) is 11.7. The second-order valence-electron chi connectivity index (χ2n) is 4.44. The van der Waals surface area contributed by atoms with Gasteiger partial charge in [0.25, 0.3) is 0 Å². The highest BCUT2D eigenvalue weighted by atomic mass is 32.1. The summed E-state index contributed by atoms with van der Waals surface area (Å²) in [7, 11) is 0. The summed E-state index contributed by atoms with van der Waals surface area (Å²) in [4.78, 5) is 9.95. The summed E-state index contributed by atoms with van der Waals surface area (Å²) in [5.41, 5.74) is 2.01. The third kappa shape index (κ3) is 2.46. The van der Waals surface area contributed by atoms with Crippen LogP contribution in [0.5, 0.6) is 0 Å². The highest BCUT2D eigenvalue weighted by Crippen LogP contribution is 2.36. The fourth-order valence-corrected chi connectivity index (χ4v) is 2.29. The Morgan fingerprint density at radius 3 is 2.33 bits per heavy atom. The Morgan fingerprint density at radius 2 is 1.87 bits per heavy atom. The lowest BCUT2D eigenvalue weighted by Crippen LogP contribution is -2.20. The molecule has 5 heteroatoms. The van der Waals surface area contributed by atoms with Crippen molar-refractivity contribution < 1.29 is 0 Å². The van der Waals surface area contributed by atoms with Gasteiger partial charge in [-0.05, 0) is 5.41 Å². The number of nitrogens with one attached hydrogen (secondary N) is 1. The van der Waals surface area contributed by atoms with Gasteiger partial charge in [0.2, 0.25) is 0 Å². The first kappa shape index (κ1) is 12.4. The van der Waals surface area contributed by atoms with Crippen LogP contribution in [0.2, 0.25) is 0 Å². The number of nitrogens with zero attached hydrogens (tertiary/aromatic N) is 1. The second-order valence-corrected chi connectivity index (χ2v) is 5.25. The van der Waals surface area contributed by atoms with Gasteiger partial charge >= 0.3 is 0 Å². The molecule has 0 fully saturated rings. The quantitative estimate of drug-likeness (QED) is 0.498. The molecule has 82 valence electrons. The maximum Gasteiger partial charge on any atom is 0.0983 e. The third-order valence-corrected chi connectivity index (χ3v) is 3.11. The van der Waals surface area contributed by atoms with Gasteiger partial charge in [-0.1, -0.05) is 50.4 Å². The van der Waals surface area contributed by atoms with Gasteiger partial charge in [0.05, 0.1) is 21.3 Å². The molecular weight excluding hydrogens is 228 g/mol. The van der Waals surface area contributed by atoms with Gasteiger partial charge < -0.3 is 5.32 Å². The minimum absolute atomic E-state index is 0.00364. The van der Waals surface area contributed by atoms with Crippen LogP contribution in [0.3, 0.4) is 0 Å². The molecule has 0 bridgehead atoms. The van der Waals surface area contributed by atoms with E-state index in [4.69, 9.17) is 24.4 Å². The van der Waals surface area contributed by atoms with Crippen LogP contribution in [0.15, 0.2) is 5.18 Å². The van der Waals surface area contributed by atoms with E-state index < -0.39 is 0 Å². The highest BCUT2D eigenvalue weighted by molar-refractivity contribution is 7.74. The van der Waals surface area contributed by atoms with Gasteiger partial charge in [0, 0.05) is 12.1 Å². The summed E-state index contributed by atoms with van der Waals surface area (Å²) in [6.45, 7) is 7.04. The zero-order valence-corrected chi connectivity index (χ0v) is 10.7. The molecule has 0 saturated heterocycles. The lowest BCUT2D eigenvalue weighted by Gasteiger charge is -2.26. The largest absolute Gasteiger partial charge is 0.382 e. The molecule has 0 amide bonds. The first-order valence-corrected chi connectivity index (χ1v) is 5.58. The van der Waals surface area contributed by atoms with Crippen molar-refractivity contribution in [3.63, 3.8) is 0 Å². The van der Waals surface area contributed by atoms with E-state index in [2.05, 4.69) is 31.3 Å². The van der Waals surface area contributed by atoms with Crippen molar-refractivity contribution in [1.82, 2.24) is 0 Å². The molecule has 0 aromatic heterocycles. The zero-order chi connectivity index (χ0) is 11.6. The molecule has 0 saturated carbocycles. The Balaban J connectivity index is 2.90. The van der Waals surface area contributed by atoms with E-state index in [0.29, 0.717) is 11.1 Å². The molecule has 0 aliphatic heterocycles. The molecular formula is C10H14N2OS2. The lowest BCUT2D eigenvalue weighted by molar-refractivity contribution is 0.585. The van der Waals surface area contributed by atoms with E-state index in [1.165, 1.54) is 0 Å². The fraction of sp³-hybridized carbons (Fsp3) is 0.600. The number of nitroso groups, excluding NO2 is 1. The van der Waals surface area contributed by atoms with Crippen LogP contribution < -0.4 is 5.32 Å². The van der Waals surface area contributed by atoms with Crippen LogP contribution in [0.4, 0.5) is 5.69 Å². The molecule has 3 nitrogen and oxygen atoms in total. The van der Waals surface area contributed by atoms with Crippen molar-refractivity contribution in [1.29, 1.82) is 0 Å². The number of rotatable bonds is 4.